The van der Waals surface area contributed by atoms with Gasteiger partial charge in [-0.15, -0.1) is 0 Å². The summed E-state index contributed by atoms with van der Waals surface area (Å²) in [5.41, 5.74) is 5.33. The molecule has 40 heavy (non-hydrogen) atoms. The lowest BCUT2D eigenvalue weighted by atomic mass is 9.67. The number of anilines is 1. The summed E-state index contributed by atoms with van der Waals surface area (Å²) in [6, 6.07) is 24.4. The zero-order chi connectivity index (χ0) is 27.3. The van der Waals surface area contributed by atoms with Crippen LogP contribution in [0.25, 0.3) is 21.8 Å². The maximum Gasteiger partial charge on any atom is 0.228 e. The fourth-order valence-corrected chi connectivity index (χ4v) is 6.89. The third kappa shape index (κ3) is 3.87. The Balaban J connectivity index is 1.17. The molecule has 7 heteroatoms. The van der Waals surface area contributed by atoms with Crippen molar-refractivity contribution in [2.45, 2.75) is 24.7 Å². The van der Waals surface area contributed by atoms with Crippen LogP contribution in [0, 0.1) is 5.92 Å². The van der Waals surface area contributed by atoms with Gasteiger partial charge in [-0.1, -0.05) is 42.5 Å². The number of hydrogen-bond acceptors (Lipinski definition) is 3. The van der Waals surface area contributed by atoms with Crippen molar-refractivity contribution in [1.29, 1.82) is 0 Å². The average molecular weight is 533 g/mol. The van der Waals surface area contributed by atoms with Crippen molar-refractivity contribution in [2.75, 3.05) is 31.6 Å². The largest absolute Gasteiger partial charge is 0.497 e. The van der Waals surface area contributed by atoms with Crippen LogP contribution in [0.1, 0.15) is 30.4 Å². The van der Waals surface area contributed by atoms with E-state index in [-0.39, 0.29) is 29.6 Å². The molecule has 1 atom stereocenters. The van der Waals surface area contributed by atoms with Crippen LogP contribution >= 0.6 is 0 Å². The molecule has 2 fully saturated rings. The number of rotatable bonds is 5. The van der Waals surface area contributed by atoms with E-state index >= 15 is 0 Å². The quantitative estimate of drug-likeness (QED) is 0.308. The summed E-state index contributed by atoms with van der Waals surface area (Å²) in [6.45, 7) is 1.68. The number of para-hydroxylation sites is 2. The normalized spacial score (nSPS) is 19.0. The lowest BCUT2D eigenvalue weighted by Crippen LogP contribution is -2.47. The van der Waals surface area contributed by atoms with E-state index in [4.69, 9.17) is 4.74 Å². The molecule has 2 aliphatic rings. The van der Waals surface area contributed by atoms with Crippen molar-refractivity contribution in [3.05, 3.63) is 96.3 Å². The van der Waals surface area contributed by atoms with Gasteiger partial charge in [-0.3, -0.25) is 9.59 Å². The molecule has 7 nitrogen and oxygen atoms in total. The molecule has 0 saturated carbocycles. The lowest BCUT2D eigenvalue weighted by Gasteiger charge is -2.43. The van der Waals surface area contributed by atoms with Gasteiger partial charge < -0.3 is 24.5 Å². The first kappa shape index (κ1) is 24.5. The summed E-state index contributed by atoms with van der Waals surface area (Å²) >= 11 is 0. The molecule has 0 bridgehead atoms. The first-order valence-electron chi connectivity index (χ1n) is 13.9. The Morgan fingerprint density at radius 3 is 2.12 bits per heavy atom. The second-order valence-electron chi connectivity index (χ2n) is 11.0. The van der Waals surface area contributed by atoms with E-state index in [1.54, 1.807) is 12.0 Å². The Morgan fingerprint density at radius 1 is 0.875 bits per heavy atom. The van der Waals surface area contributed by atoms with Gasteiger partial charge in [-0.25, -0.2) is 0 Å². The lowest BCUT2D eigenvalue weighted by molar-refractivity contribution is -0.137. The maximum absolute atomic E-state index is 13.8. The smallest absolute Gasteiger partial charge is 0.228 e. The number of carbonyl (C=O) groups excluding carboxylic acids is 2. The molecule has 202 valence electrons. The molecule has 2 saturated heterocycles. The number of piperidine rings is 1. The number of nitrogens with zero attached hydrogens (tertiary/aromatic N) is 2. The zero-order valence-corrected chi connectivity index (χ0v) is 22.5. The van der Waals surface area contributed by atoms with Gasteiger partial charge in [0.05, 0.1) is 13.0 Å². The number of benzene rings is 3. The SMILES string of the molecule is COc1cccc(N2C[C@@H](C(=O)N3CCC(c4c[nH]c5ccccc45)(c4c[nH]c5ccccc45)CC3)CC2=O)c1. The number of likely N-dealkylation sites (tertiary alicyclic amines) is 1. The van der Waals surface area contributed by atoms with Crippen LogP contribution in [0.5, 0.6) is 5.75 Å². The molecule has 2 aliphatic heterocycles. The number of nitrogens with one attached hydrogen (secondary N) is 2. The Bertz CT molecular complexity index is 1650. The fraction of sp³-hybridized carbons (Fsp3) is 0.273. The number of H-pyrrole nitrogens is 2. The van der Waals surface area contributed by atoms with Crippen LogP contribution in [0.3, 0.4) is 0 Å². The first-order valence-corrected chi connectivity index (χ1v) is 13.9. The standard InChI is InChI=1S/C33H32N4O3/c1-40-24-8-6-7-23(18-24)37-21-22(17-31(37)38)32(39)36-15-13-33(14-16-36,27-19-34-29-11-4-2-9-25(27)29)28-20-35-30-12-5-3-10-26(28)30/h2-12,18-20,22,34-35H,13-17,21H2,1H3/t22-/m0/s1. The highest BCUT2D eigenvalue weighted by molar-refractivity contribution is 6.00. The van der Waals surface area contributed by atoms with E-state index in [0.29, 0.717) is 25.4 Å². The predicted octanol–water partition coefficient (Wildman–Crippen LogP) is 5.62. The molecule has 3 aromatic carbocycles. The van der Waals surface area contributed by atoms with Crippen molar-refractivity contribution in [2.24, 2.45) is 5.92 Å². The second kappa shape index (κ2) is 9.59. The third-order valence-electron chi connectivity index (χ3n) is 8.98. The number of aromatic amines is 2. The monoisotopic (exact) mass is 532 g/mol. The van der Waals surface area contributed by atoms with Crippen molar-refractivity contribution in [3.8, 4) is 5.75 Å². The van der Waals surface area contributed by atoms with Gasteiger partial charge in [-0.2, -0.15) is 0 Å². The molecule has 4 heterocycles. The predicted molar refractivity (Wildman–Crippen MR) is 157 cm³/mol. The zero-order valence-electron chi connectivity index (χ0n) is 22.5. The second-order valence-corrected chi connectivity index (χ2v) is 11.0. The molecular weight excluding hydrogens is 500 g/mol. The third-order valence-corrected chi connectivity index (χ3v) is 8.98. The molecule has 2 amide bonds. The molecule has 5 aromatic rings. The van der Waals surface area contributed by atoms with E-state index in [1.165, 1.54) is 21.9 Å². The number of methoxy groups -OCH3 is 1. The van der Waals surface area contributed by atoms with Crippen LogP contribution < -0.4 is 9.64 Å². The molecule has 0 spiro atoms. The van der Waals surface area contributed by atoms with Gasteiger partial charge in [0.2, 0.25) is 11.8 Å². The molecule has 0 unspecified atom stereocenters. The highest BCUT2D eigenvalue weighted by Crippen LogP contribution is 2.47. The van der Waals surface area contributed by atoms with E-state index in [1.807, 2.05) is 29.2 Å². The summed E-state index contributed by atoms with van der Waals surface area (Å²) in [5, 5.41) is 2.45. The highest BCUT2D eigenvalue weighted by atomic mass is 16.5. The summed E-state index contributed by atoms with van der Waals surface area (Å²) < 4.78 is 5.34. The first-order chi connectivity index (χ1) is 19.6. The summed E-state index contributed by atoms with van der Waals surface area (Å²) in [4.78, 5) is 37.4. The van der Waals surface area contributed by atoms with Gasteiger partial charge >= 0.3 is 0 Å². The Morgan fingerprint density at radius 2 is 1.50 bits per heavy atom. The molecule has 2 aromatic heterocycles. The number of ether oxygens (including phenoxy) is 1. The van der Waals surface area contributed by atoms with Gasteiger partial charge in [0.25, 0.3) is 0 Å². The van der Waals surface area contributed by atoms with Gasteiger partial charge in [-0.05, 0) is 48.2 Å². The number of carbonyl (C=O) groups is 2. The summed E-state index contributed by atoms with van der Waals surface area (Å²) in [5.74, 6) is 0.412. The Hall–Kier alpha value is -4.52. The summed E-state index contributed by atoms with van der Waals surface area (Å²) in [6.07, 6.45) is 6.17. The fourth-order valence-electron chi connectivity index (χ4n) is 6.89. The number of hydrogen-bond donors (Lipinski definition) is 2. The minimum atomic E-state index is -0.340. The molecular formula is C33H32N4O3. The van der Waals surface area contributed by atoms with Crippen LogP contribution in [0.2, 0.25) is 0 Å². The average Bonchev–Trinajstić information content (AvgIpc) is 3.74. The number of amides is 2. The van der Waals surface area contributed by atoms with Gasteiger partial charge in [0.1, 0.15) is 5.75 Å². The molecule has 0 radical (unpaired) electrons. The minimum Gasteiger partial charge on any atom is -0.497 e. The minimum absolute atomic E-state index is 0.0180. The maximum atomic E-state index is 13.8. The topological polar surface area (TPSA) is 81.4 Å². The van der Waals surface area contributed by atoms with Crippen molar-refractivity contribution < 1.29 is 14.3 Å². The molecule has 7 rings (SSSR count). The number of fused-ring (bicyclic) bond motifs is 2. The van der Waals surface area contributed by atoms with E-state index in [0.717, 1.165) is 29.6 Å². The van der Waals surface area contributed by atoms with Gasteiger partial charge in [0.15, 0.2) is 0 Å². The molecule has 2 N–H and O–H groups in total. The van der Waals surface area contributed by atoms with Crippen LogP contribution in [0.15, 0.2) is 85.2 Å². The summed E-state index contributed by atoms with van der Waals surface area (Å²) in [7, 11) is 1.61. The van der Waals surface area contributed by atoms with Crippen LogP contribution in [-0.2, 0) is 15.0 Å². The van der Waals surface area contributed by atoms with Crippen LogP contribution in [0.4, 0.5) is 5.69 Å². The van der Waals surface area contributed by atoms with E-state index in [9.17, 15) is 9.59 Å². The van der Waals surface area contributed by atoms with Crippen molar-refractivity contribution in [1.82, 2.24) is 14.9 Å². The van der Waals surface area contributed by atoms with Crippen LogP contribution in [-0.4, -0.2) is 53.4 Å². The van der Waals surface area contributed by atoms with Crippen molar-refractivity contribution in [3.63, 3.8) is 0 Å². The Labute approximate surface area is 232 Å². The van der Waals surface area contributed by atoms with E-state index in [2.05, 4.69) is 70.9 Å². The number of aromatic nitrogens is 2. The molecule has 0 aliphatic carbocycles. The van der Waals surface area contributed by atoms with Crippen molar-refractivity contribution >= 4 is 39.3 Å². The van der Waals surface area contributed by atoms with E-state index < -0.39 is 0 Å². The Kier molecular flexibility index (Phi) is 5.88. The van der Waals surface area contributed by atoms with Gasteiger partial charge in [0, 0.05) is 77.4 Å². The highest BCUT2D eigenvalue weighted by Gasteiger charge is 2.44.